The summed E-state index contributed by atoms with van der Waals surface area (Å²) in [5.41, 5.74) is 2.76. The van der Waals surface area contributed by atoms with Crippen molar-refractivity contribution in [3.63, 3.8) is 0 Å². The Morgan fingerprint density at radius 3 is 2.33 bits per heavy atom. The van der Waals surface area contributed by atoms with Crippen LogP contribution in [0.4, 0.5) is 11.4 Å². The zero-order chi connectivity index (χ0) is 16.9. The Kier molecular flexibility index (Phi) is 5.43. The number of likely N-dealkylation sites (N-methyl/N-ethyl adjacent to an activating group) is 1. The number of hydrogen-bond donors (Lipinski definition) is 1. The summed E-state index contributed by atoms with van der Waals surface area (Å²) in [6.07, 6.45) is 1.98. The van der Waals surface area contributed by atoms with Gasteiger partial charge in [0.15, 0.2) is 0 Å². The van der Waals surface area contributed by atoms with E-state index >= 15 is 0 Å². The molecule has 24 heavy (non-hydrogen) atoms. The monoisotopic (exact) mass is 341 g/mol. The van der Waals surface area contributed by atoms with Gasteiger partial charge >= 0.3 is 0 Å². The van der Waals surface area contributed by atoms with E-state index in [2.05, 4.69) is 34.3 Å². The first-order valence-electron chi connectivity index (χ1n) is 8.15. The van der Waals surface area contributed by atoms with E-state index in [1.807, 2.05) is 42.7 Å². The van der Waals surface area contributed by atoms with Gasteiger partial charge in [0, 0.05) is 42.4 Å². The highest BCUT2D eigenvalue weighted by Gasteiger charge is 2.14. The maximum atomic E-state index is 12.5. The average molecular weight is 341 g/mol. The van der Waals surface area contributed by atoms with E-state index < -0.39 is 0 Å². The predicted molar refractivity (Wildman–Crippen MR) is 102 cm³/mol. The summed E-state index contributed by atoms with van der Waals surface area (Å²) in [5, 5.41) is 2.99. The number of piperazine rings is 1. The van der Waals surface area contributed by atoms with Crippen molar-refractivity contribution in [2.75, 3.05) is 49.7 Å². The number of thioether (sulfide) groups is 1. The van der Waals surface area contributed by atoms with Crippen LogP contribution in [0.15, 0.2) is 53.4 Å². The fraction of sp³-hybridized carbons (Fsp3) is 0.316. The third-order valence-corrected chi connectivity index (χ3v) is 5.14. The number of anilines is 2. The van der Waals surface area contributed by atoms with E-state index in [0.717, 1.165) is 36.8 Å². The maximum Gasteiger partial charge on any atom is 0.256 e. The van der Waals surface area contributed by atoms with Crippen LogP contribution in [0.2, 0.25) is 0 Å². The number of nitrogens with one attached hydrogen (secondary N) is 1. The van der Waals surface area contributed by atoms with Crippen LogP contribution in [-0.2, 0) is 0 Å². The molecule has 1 amide bonds. The third kappa shape index (κ3) is 3.91. The molecule has 0 atom stereocenters. The largest absolute Gasteiger partial charge is 0.369 e. The van der Waals surface area contributed by atoms with Gasteiger partial charge in [0.05, 0.1) is 5.56 Å². The maximum absolute atomic E-state index is 12.5. The first-order chi connectivity index (χ1) is 11.7. The predicted octanol–water partition coefficient (Wildman–Crippen LogP) is 3.41. The molecule has 0 saturated carbocycles. The van der Waals surface area contributed by atoms with Gasteiger partial charge in [-0.2, -0.15) is 0 Å². The van der Waals surface area contributed by atoms with E-state index in [9.17, 15) is 4.79 Å². The van der Waals surface area contributed by atoms with Gasteiger partial charge in [-0.1, -0.05) is 12.1 Å². The van der Waals surface area contributed by atoms with Gasteiger partial charge in [0.1, 0.15) is 0 Å². The van der Waals surface area contributed by atoms with Crippen LogP contribution in [0.5, 0.6) is 0 Å². The second kappa shape index (κ2) is 7.73. The van der Waals surface area contributed by atoms with E-state index in [-0.39, 0.29) is 5.91 Å². The minimum Gasteiger partial charge on any atom is -0.369 e. The van der Waals surface area contributed by atoms with Gasteiger partial charge in [-0.25, -0.2) is 0 Å². The molecular weight excluding hydrogens is 318 g/mol. The van der Waals surface area contributed by atoms with Crippen LogP contribution in [0, 0.1) is 0 Å². The summed E-state index contributed by atoms with van der Waals surface area (Å²) in [6, 6.07) is 15.8. The molecule has 0 aromatic heterocycles. The number of hydrogen-bond acceptors (Lipinski definition) is 4. The quantitative estimate of drug-likeness (QED) is 0.865. The van der Waals surface area contributed by atoms with Crippen LogP contribution in [0.3, 0.4) is 0 Å². The zero-order valence-corrected chi connectivity index (χ0v) is 15.0. The van der Waals surface area contributed by atoms with Crippen molar-refractivity contribution in [3.8, 4) is 0 Å². The molecule has 0 aliphatic carbocycles. The molecule has 1 aliphatic rings. The summed E-state index contributed by atoms with van der Waals surface area (Å²) in [4.78, 5) is 18.2. The summed E-state index contributed by atoms with van der Waals surface area (Å²) < 4.78 is 0. The van der Waals surface area contributed by atoms with Crippen molar-refractivity contribution in [3.05, 3.63) is 54.1 Å². The fourth-order valence-electron chi connectivity index (χ4n) is 2.85. The summed E-state index contributed by atoms with van der Waals surface area (Å²) in [6.45, 7) is 4.26. The number of carbonyl (C=O) groups excluding carboxylic acids is 1. The average Bonchev–Trinajstić information content (AvgIpc) is 2.63. The lowest BCUT2D eigenvalue weighted by atomic mass is 10.2. The Labute approximate surface area is 147 Å². The van der Waals surface area contributed by atoms with E-state index in [0.29, 0.717) is 5.56 Å². The van der Waals surface area contributed by atoms with Crippen LogP contribution >= 0.6 is 11.8 Å². The van der Waals surface area contributed by atoms with Gasteiger partial charge in [0.25, 0.3) is 5.91 Å². The lowest BCUT2D eigenvalue weighted by Gasteiger charge is -2.34. The number of benzene rings is 2. The van der Waals surface area contributed by atoms with Gasteiger partial charge < -0.3 is 15.1 Å². The first kappa shape index (κ1) is 16.9. The molecule has 0 spiro atoms. The Bertz CT molecular complexity index is 694. The van der Waals surface area contributed by atoms with Crippen molar-refractivity contribution in [1.82, 2.24) is 4.90 Å². The second-order valence-corrected chi connectivity index (χ2v) is 6.84. The van der Waals surface area contributed by atoms with Crippen molar-refractivity contribution in [2.45, 2.75) is 4.90 Å². The minimum absolute atomic E-state index is 0.0627. The van der Waals surface area contributed by atoms with E-state index in [1.165, 1.54) is 5.69 Å². The van der Waals surface area contributed by atoms with Crippen LogP contribution in [0.25, 0.3) is 0 Å². The smallest absolute Gasteiger partial charge is 0.256 e. The summed E-state index contributed by atoms with van der Waals surface area (Å²) >= 11 is 1.58. The summed E-state index contributed by atoms with van der Waals surface area (Å²) in [5.74, 6) is -0.0627. The fourth-order valence-corrected chi connectivity index (χ4v) is 3.45. The molecule has 1 saturated heterocycles. The molecule has 0 bridgehead atoms. The Balaban J connectivity index is 1.67. The van der Waals surface area contributed by atoms with E-state index in [1.54, 1.807) is 11.8 Å². The molecule has 3 rings (SSSR count). The highest BCUT2D eigenvalue weighted by Crippen LogP contribution is 2.23. The number of carbonyl (C=O) groups is 1. The van der Waals surface area contributed by atoms with Crippen molar-refractivity contribution >= 4 is 29.0 Å². The van der Waals surface area contributed by atoms with Gasteiger partial charge in [-0.3, -0.25) is 4.79 Å². The molecule has 0 unspecified atom stereocenters. The molecule has 1 N–H and O–H groups in total. The van der Waals surface area contributed by atoms with Crippen LogP contribution in [-0.4, -0.2) is 50.3 Å². The molecule has 0 radical (unpaired) electrons. The number of rotatable bonds is 4. The zero-order valence-electron chi connectivity index (χ0n) is 14.2. The molecule has 2 aromatic rings. The molecule has 126 valence electrons. The highest BCUT2D eigenvalue weighted by molar-refractivity contribution is 7.98. The standard InChI is InChI=1S/C19H23N3OS/c1-21-11-13-22(14-12-21)16-9-7-15(8-10-16)20-19(23)17-5-3-4-6-18(17)24-2/h3-10H,11-14H2,1-2H3,(H,20,23). The topological polar surface area (TPSA) is 35.6 Å². The van der Waals surface area contributed by atoms with Crippen LogP contribution < -0.4 is 10.2 Å². The highest BCUT2D eigenvalue weighted by atomic mass is 32.2. The molecule has 4 nitrogen and oxygen atoms in total. The molecule has 2 aromatic carbocycles. The first-order valence-corrected chi connectivity index (χ1v) is 9.38. The van der Waals surface area contributed by atoms with Crippen molar-refractivity contribution < 1.29 is 4.79 Å². The second-order valence-electron chi connectivity index (χ2n) is 5.99. The van der Waals surface area contributed by atoms with Gasteiger partial charge in [-0.15, -0.1) is 11.8 Å². The van der Waals surface area contributed by atoms with Gasteiger partial charge in [-0.05, 0) is 49.7 Å². The Morgan fingerprint density at radius 1 is 1.00 bits per heavy atom. The minimum atomic E-state index is -0.0627. The van der Waals surface area contributed by atoms with Gasteiger partial charge in [0.2, 0.25) is 0 Å². The third-order valence-electron chi connectivity index (χ3n) is 4.35. The molecule has 1 aliphatic heterocycles. The lowest BCUT2D eigenvalue weighted by molar-refractivity contribution is 0.102. The molecule has 1 fully saturated rings. The Hall–Kier alpha value is -1.98. The van der Waals surface area contributed by atoms with E-state index in [4.69, 9.17) is 0 Å². The lowest BCUT2D eigenvalue weighted by Crippen LogP contribution is -2.44. The molecule has 5 heteroatoms. The normalized spacial score (nSPS) is 15.3. The SMILES string of the molecule is CSc1ccccc1C(=O)Nc1ccc(N2CCN(C)CC2)cc1. The van der Waals surface area contributed by atoms with Crippen LogP contribution in [0.1, 0.15) is 10.4 Å². The van der Waals surface area contributed by atoms with Crippen molar-refractivity contribution in [1.29, 1.82) is 0 Å². The molecule has 1 heterocycles. The number of amides is 1. The summed E-state index contributed by atoms with van der Waals surface area (Å²) in [7, 11) is 2.16. The molecular formula is C19H23N3OS. The Morgan fingerprint density at radius 2 is 1.67 bits per heavy atom. The van der Waals surface area contributed by atoms with Crippen molar-refractivity contribution in [2.24, 2.45) is 0 Å². The number of nitrogens with zero attached hydrogens (tertiary/aromatic N) is 2.